The molecule has 0 aromatic heterocycles. The number of amides is 2. The van der Waals surface area contributed by atoms with Crippen LogP contribution in [0.1, 0.15) is 18.4 Å². The normalized spacial score (nSPS) is 17.0. The van der Waals surface area contributed by atoms with Crippen molar-refractivity contribution < 1.29 is 27.5 Å². The first-order chi connectivity index (χ1) is 15.8. The van der Waals surface area contributed by atoms with Crippen LogP contribution in [-0.4, -0.2) is 51.3 Å². The number of methoxy groups -OCH3 is 1. The molecule has 11 heteroatoms. The summed E-state index contributed by atoms with van der Waals surface area (Å²) in [4.78, 5) is 24.0. The molecule has 2 amide bonds. The quantitative estimate of drug-likeness (QED) is 0.638. The van der Waals surface area contributed by atoms with E-state index in [0.717, 1.165) is 5.56 Å². The second-order valence-corrected chi connectivity index (χ2v) is 10.2. The molecule has 2 N–H and O–H groups in total. The Balaban J connectivity index is 1.38. The molecule has 2 aromatic rings. The molecule has 0 atom stereocenters. The van der Waals surface area contributed by atoms with Gasteiger partial charge < -0.3 is 20.1 Å². The number of fused-ring (bicyclic) bond motifs is 1. The van der Waals surface area contributed by atoms with Gasteiger partial charge in [-0.15, -0.1) is 0 Å². The minimum absolute atomic E-state index is 0.00212. The number of hydrogen-bond donors (Lipinski definition) is 2. The van der Waals surface area contributed by atoms with Crippen LogP contribution in [0, 0.1) is 5.92 Å². The molecule has 0 saturated carbocycles. The lowest BCUT2D eigenvalue weighted by Crippen LogP contribution is -2.43. The monoisotopic (exact) mass is 493 g/mol. The largest absolute Gasteiger partial charge is 0.497 e. The fourth-order valence-corrected chi connectivity index (χ4v) is 5.88. The van der Waals surface area contributed by atoms with E-state index in [1.807, 2.05) is 24.3 Å². The van der Waals surface area contributed by atoms with E-state index in [2.05, 4.69) is 10.6 Å². The molecule has 9 nitrogen and oxygen atoms in total. The Labute approximate surface area is 197 Å². The summed E-state index contributed by atoms with van der Waals surface area (Å²) in [5.41, 5.74) is 1.25. The molecule has 4 rings (SSSR count). The molecule has 0 radical (unpaired) electrons. The maximum atomic E-state index is 13.2. The second kappa shape index (κ2) is 9.58. The van der Waals surface area contributed by atoms with Gasteiger partial charge in [0.25, 0.3) is 5.91 Å². The van der Waals surface area contributed by atoms with Gasteiger partial charge in [-0.25, -0.2) is 8.42 Å². The lowest BCUT2D eigenvalue weighted by atomic mass is 9.97. The second-order valence-electron chi connectivity index (χ2n) is 7.86. The van der Waals surface area contributed by atoms with Crippen LogP contribution in [0.3, 0.4) is 0 Å². The van der Waals surface area contributed by atoms with Gasteiger partial charge in [0.15, 0.2) is 6.61 Å². The van der Waals surface area contributed by atoms with Crippen molar-refractivity contribution in [1.29, 1.82) is 0 Å². The summed E-state index contributed by atoms with van der Waals surface area (Å²) in [6, 6.07) is 10.1. The van der Waals surface area contributed by atoms with Crippen LogP contribution in [0.2, 0.25) is 5.02 Å². The van der Waals surface area contributed by atoms with Crippen LogP contribution >= 0.6 is 11.6 Å². The number of halogens is 1. The molecule has 0 unspecified atom stereocenters. The van der Waals surface area contributed by atoms with Gasteiger partial charge in [-0.3, -0.25) is 9.59 Å². The molecule has 1 saturated heterocycles. The molecule has 2 heterocycles. The summed E-state index contributed by atoms with van der Waals surface area (Å²) in [7, 11) is -2.30. The predicted octanol–water partition coefficient (Wildman–Crippen LogP) is 2.40. The van der Waals surface area contributed by atoms with Crippen molar-refractivity contribution in [2.24, 2.45) is 5.92 Å². The predicted molar refractivity (Wildman–Crippen MR) is 122 cm³/mol. The van der Waals surface area contributed by atoms with Crippen molar-refractivity contribution in [1.82, 2.24) is 9.62 Å². The molecular weight excluding hydrogens is 470 g/mol. The van der Waals surface area contributed by atoms with Crippen LogP contribution < -0.4 is 20.1 Å². The summed E-state index contributed by atoms with van der Waals surface area (Å²) in [5.74, 6) is 0.254. The van der Waals surface area contributed by atoms with Crippen molar-refractivity contribution >= 4 is 39.1 Å². The summed E-state index contributed by atoms with van der Waals surface area (Å²) >= 11 is 6.23. The molecule has 2 aliphatic rings. The summed E-state index contributed by atoms with van der Waals surface area (Å²) in [5, 5.41) is 5.51. The molecule has 0 spiro atoms. The molecule has 33 heavy (non-hydrogen) atoms. The number of carbonyl (C=O) groups is 2. The van der Waals surface area contributed by atoms with Gasteiger partial charge in [-0.05, 0) is 36.6 Å². The third kappa shape index (κ3) is 5.07. The average Bonchev–Trinajstić information content (AvgIpc) is 2.82. The summed E-state index contributed by atoms with van der Waals surface area (Å²) < 4.78 is 38.2. The number of rotatable bonds is 6. The number of nitrogens with one attached hydrogen (secondary N) is 2. The van der Waals surface area contributed by atoms with Crippen molar-refractivity contribution in [3.8, 4) is 11.5 Å². The van der Waals surface area contributed by atoms with E-state index in [0.29, 0.717) is 30.8 Å². The Morgan fingerprint density at radius 1 is 1.27 bits per heavy atom. The smallest absolute Gasteiger partial charge is 0.262 e. The first-order valence-electron chi connectivity index (χ1n) is 10.4. The maximum absolute atomic E-state index is 13.2. The van der Waals surface area contributed by atoms with Crippen molar-refractivity contribution in [2.45, 2.75) is 24.3 Å². The third-order valence-electron chi connectivity index (χ3n) is 5.71. The number of hydrogen-bond acceptors (Lipinski definition) is 6. The molecule has 1 fully saturated rings. The lowest BCUT2D eigenvalue weighted by molar-refractivity contribution is -0.126. The molecule has 2 aromatic carbocycles. The van der Waals surface area contributed by atoms with Crippen LogP contribution in [0.15, 0.2) is 41.3 Å². The number of carbonyl (C=O) groups excluding carboxylic acids is 2. The van der Waals surface area contributed by atoms with E-state index in [1.165, 1.54) is 16.4 Å². The molecule has 0 bridgehead atoms. The van der Waals surface area contributed by atoms with Crippen LogP contribution in [-0.2, 0) is 26.2 Å². The number of sulfonamides is 1. The van der Waals surface area contributed by atoms with Crippen LogP contribution in [0.25, 0.3) is 0 Å². The summed E-state index contributed by atoms with van der Waals surface area (Å²) in [6.45, 7) is 0.579. The number of benzene rings is 2. The molecule has 0 aliphatic carbocycles. The van der Waals surface area contributed by atoms with Gasteiger partial charge in [0, 0.05) is 31.6 Å². The lowest BCUT2D eigenvalue weighted by Gasteiger charge is -2.31. The van der Waals surface area contributed by atoms with E-state index in [4.69, 9.17) is 21.1 Å². The van der Waals surface area contributed by atoms with Gasteiger partial charge in [-0.1, -0.05) is 23.7 Å². The zero-order chi connectivity index (χ0) is 23.6. The fraction of sp³-hybridized carbons (Fsp3) is 0.364. The van der Waals surface area contributed by atoms with Crippen molar-refractivity contribution in [3.05, 3.63) is 47.0 Å². The van der Waals surface area contributed by atoms with Crippen LogP contribution in [0.5, 0.6) is 11.5 Å². The Morgan fingerprint density at radius 3 is 2.76 bits per heavy atom. The highest BCUT2D eigenvalue weighted by molar-refractivity contribution is 7.89. The van der Waals surface area contributed by atoms with E-state index in [1.54, 1.807) is 7.11 Å². The number of nitrogens with zero attached hydrogens (tertiary/aromatic N) is 1. The average molecular weight is 494 g/mol. The van der Waals surface area contributed by atoms with Gasteiger partial charge in [0.05, 0.1) is 17.8 Å². The molecule has 176 valence electrons. The Hall–Kier alpha value is -2.82. The molecule has 2 aliphatic heterocycles. The van der Waals surface area contributed by atoms with Crippen molar-refractivity contribution in [2.75, 3.05) is 32.1 Å². The maximum Gasteiger partial charge on any atom is 0.262 e. The van der Waals surface area contributed by atoms with Crippen LogP contribution in [0.4, 0.5) is 5.69 Å². The number of anilines is 1. The van der Waals surface area contributed by atoms with E-state index < -0.39 is 10.0 Å². The Morgan fingerprint density at radius 2 is 2.03 bits per heavy atom. The van der Waals surface area contributed by atoms with Crippen molar-refractivity contribution in [3.63, 3.8) is 0 Å². The summed E-state index contributed by atoms with van der Waals surface area (Å²) in [6.07, 6.45) is 0.802. The zero-order valence-electron chi connectivity index (χ0n) is 18.0. The topological polar surface area (TPSA) is 114 Å². The number of ether oxygens (including phenoxy) is 2. The third-order valence-corrected chi connectivity index (χ3v) is 8.07. The van der Waals surface area contributed by atoms with E-state index in [9.17, 15) is 18.0 Å². The fourth-order valence-electron chi connectivity index (χ4n) is 3.89. The van der Waals surface area contributed by atoms with E-state index >= 15 is 0 Å². The number of piperidine rings is 1. The van der Waals surface area contributed by atoms with Gasteiger partial charge >= 0.3 is 0 Å². The standard InChI is InChI=1S/C22H24ClN3O6S/c1-31-16-4-2-3-14(9-16)12-24-22(28)15-5-7-26(8-6-15)33(29,30)20-11-19-18(10-17(20)23)25-21(27)13-32-19/h2-4,9-11,15H,5-8,12-13H2,1H3,(H,24,28)(H,25,27). The Kier molecular flexibility index (Phi) is 6.78. The van der Waals surface area contributed by atoms with Gasteiger partial charge in [0.1, 0.15) is 16.4 Å². The van der Waals surface area contributed by atoms with Gasteiger partial charge in [-0.2, -0.15) is 4.31 Å². The Bertz CT molecular complexity index is 1180. The molecular formula is C22H24ClN3O6S. The minimum atomic E-state index is -3.89. The zero-order valence-corrected chi connectivity index (χ0v) is 19.5. The first-order valence-corrected chi connectivity index (χ1v) is 12.3. The highest BCUT2D eigenvalue weighted by Gasteiger charge is 2.34. The highest BCUT2D eigenvalue weighted by Crippen LogP contribution is 2.37. The SMILES string of the molecule is COc1cccc(CNC(=O)C2CCN(S(=O)(=O)c3cc4c(cc3Cl)NC(=O)CO4)CC2)c1. The first kappa shape index (κ1) is 23.3. The van der Waals surface area contributed by atoms with E-state index in [-0.39, 0.29) is 53.1 Å². The highest BCUT2D eigenvalue weighted by atomic mass is 35.5. The minimum Gasteiger partial charge on any atom is -0.497 e. The van der Waals surface area contributed by atoms with Gasteiger partial charge in [0.2, 0.25) is 15.9 Å².